The van der Waals surface area contributed by atoms with Crippen LogP contribution in [0.2, 0.25) is 0 Å². The van der Waals surface area contributed by atoms with Gasteiger partial charge in [-0.1, -0.05) is 22.0 Å². The van der Waals surface area contributed by atoms with E-state index in [-0.39, 0.29) is 12.0 Å². The zero-order chi connectivity index (χ0) is 13.0. The molecule has 1 aromatic carbocycles. The lowest BCUT2D eigenvalue weighted by Gasteiger charge is -2.22. The van der Waals surface area contributed by atoms with Gasteiger partial charge in [0.2, 0.25) is 0 Å². The predicted molar refractivity (Wildman–Crippen MR) is 74.8 cm³/mol. The van der Waals surface area contributed by atoms with Gasteiger partial charge >= 0.3 is 0 Å². The molecule has 1 heterocycles. The fraction of sp³-hybridized carbons (Fsp3) is 0.500. The van der Waals surface area contributed by atoms with Crippen LogP contribution < -0.4 is 5.32 Å². The van der Waals surface area contributed by atoms with Gasteiger partial charge < -0.3 is 10.1 Å². The van der Waals surface area contributed by atoms with Crippen molar-refractivity contribution in [2.45, 2.75) is 32.3 Å². The smallest absolute Gasteiger partial charge is 0.251 e. The van der Waals surface area contributed by atoms with Crippen LogP contribution in [0.3, 0.4) is 0 Å². The molecule has 98 valence electrons. The zero-order valence-corrected chi connectivity index (χ0v) is 12.1. The quantitative estimate of drug-likeness (QED) is 0.931. The summed E-state index contributed by atoms with van der Waals surface area (Å²) in [7, 11) is 0. The third-order valence-corrected chi connectivity index (χ3v) is 4.05. The maximum absolute atomic E-state index is 12.0. The second kappa shape index (κ2) is 6.34. The molecule has 0 saturated carbocycles. The van der Waals surface area contributed by atoms with E-state index >= 15 is 0 Å². The largest absolute Gasteiger partial charge is 0.376 e. The van der Waals surface area contributed by atoms with Gasteiger partial charge in [0, 0.05) is 23.2 Å². The lowest BCUT2D eigenvalue weighted by molar-refractivity contribution is 0.0169. The number of benzene rings is 1. The Morgan fingerprint density at radius 2 is 2.33 bits per heavy atom. The Hall–Kier alpha value is -0.870. The first kappa shape index (κ1) is 13.6. The molecule has 0 bridgehead atoms. The molecule has 1 aliphatic heterocycles. The van der Waals surface area contributed by atoms with Crippen molar-refractivity contribution in [3.8, 4) is 0 Å². The van der Waals surface area contributed by atoms with Crippen molar-refractivity contribution in [3.63, 3.8) is 0 Å². The van der Waals surface area contributed by atoms with Crippen molar-refractivity contribution >= 4 is 21.8 Å². The van der Waals surface area contributed by atoms with E-state index in [9.17, 15) is 4.79 Å². The Bertz CT molecular complexity index is 428. The van der Waals surface area contributed by atoms with Crippen molar-refractivity contribution in [1.82, 2.24) is 5.32 Å². The molecule has 4 heteroatoms. The number of hydrogen-bond donors (Lipinski definition) is 1. The van der Waals surface area contributed by atoms with Gasteiger partial charge in [-0.2, -0.15) is 0 Å². The number of rotatable bonds is 3. The average molecular weight is 312 g/mol. The first-order valence-corrected chi connectivity index (χ1v) is 7.12. The van der Waals surface area contributed by atoms with Gasteiger partial charge in [-0.05, 0) is 43.9 Å². The Labute approximate surface area is 116 Å². The highest BCUT2D eigenvalue weighted by Gasteiger charge is 2.15. The number of halogens is 1. The van der Waals surface area contributed by atoms with Crippen molar-refractivity contribution in [2.24, 2.45) is 0 Å². The second-order valence-corrected chi connectivity index (χ2v) is 5.52. The number of amides is 1. The SMILES string of the molecule is Cc1ccc(C(=O)NCC2CCCCO2)cc1Br. The summed E-state index contributed by atoms with van der Waals surface area (Å²) in [5.74, 6) is -0.0372. The maximum Gasteiger partial charge on any atom is 0.251 e. The second-order valence-electron chi connectivity index (χ2n) is 4.66. The Morgan fingerprint density at radius 1 is 1.50 bits per heavy atom. The molecular weight excluding hydrogens is 294 g/mol. The highest BCUT2D eigenvalue weighted by molar-refractivity contribution is 9.10. The molecule has 1 aromatic rings. The lowest BCUT2D eigenvalue weighted by atomic mass is 10.1. The first-order valence-electron chi connectivity index (χ1n) is 6.33. The normalized spacial score (nSPS) is 19.6. The van der Waals surface area contributed by atoms with Crippen LogP contribution in [-0.4, -0.2) is 25.2 Å². The molecule has 1 saturated heterocycles. The molecule has 1 N–H and O–H groups in total. The Kier molecular flexibility index (Phi) is 4.78. The number of aryl methyl sites for hydroxylation is 1. The molecule has 1 fully saturated rings. The molecule has 0 spiro atoms. The van der Waals surface area contributed by atoms with Crippen molar-refractivity contribution in [1.29, 1.82) is 0 Å². The Morgan fingerprint density at radius 3 is 3.00 bits per heavy atom. The molecule has 2 rings (SSSR count). The summed E-state index contributed by atoms with van der Waals surface area (Å²) in [6.45, 7) is 3.42. The molecule has 1 amide bonds. The fourth-order valence-corrected chi connectivity index (χ4v) is 2.39. The number of nitrogens with one attached hydrogen (secondary N) is 1. The van der Waals surface area contributed by atoms with Gasteiger partial charge in [-0.3, -0.25) is 4.79 Å². The van der Waals surface area contributed by atoms with Gasteiger partial charge in [0.1, 0.15) is 0 Å². The van der Waals surface area contributed by atoms with E-state index in [0.29, 0.717) is 12.1 Å². The highest BCUT2D eigenvalue weighted by Crippen LogP contribution is 2.17. The summed E-state index contributed by atoms with van der Waals surface area (Å²) in [4.78, 5) is 12.0. The first-order chi connectivity index (χ1) is 8.66. The zero-order valence-electron chi connectivity index (χ0n) is 10.5. The molecule has 0 aliphatic carbocycles. The summed E-state index contributed by atoms with van der Waals surface area (Å²) in [5.41, 5.74) is 1.81. The fourth-order valence-electron chi connectivity index (χ4n) is 2.01. The van der Waals surface area contributed by atoms with Crippen LogP contribution in [0.4, 0.5) is 0 Å². The molecule has 0 radical (unpaired) electrons. The molecular formula is C14H18BrNO2. The van der Waals surface area contributed by atoms with Crippen LogP contribution in [0.1, 0.15) is 35.2 Å². The van der Waals surface area contributed by atoms with Gasteiger partial charge in [0.05, 0.1) is 6.10 Å². The number of carbonyl (C=O) groups is 1. The van der Waals surface area contributed by atoms with Gasteiger partial charge in [-0.15, -0.1) is 0 Å². The van der Waals surface area contributed by atoms with E-state index in [2.05, 4.69) is 21.2 Å². The van der Waals surface area contributed by atoms with Crippen LogP contribution in [0.15, 0.2) is 22.7 Å². The summed E-state index contributed by atoms with van der Waals surface area (Å²) in [5, 5.41) is 2.93. The third kappa shape index (κ3) is 3.56. The maximum atomic E-state index is 12.0. The minimum Gasteiger partial charge on any atom is -0.376 e. The summed E-state index contributed by atoms with van der Waals surface area (Å²) in [6.07, 6.45) is 3.54. The lowest BCUT2D eigenvalue weighted by Crippen LogP contribution is -2.35. The summed E-state index contributed by atoms with van der Waals surface area (Å²) >= 11 is 3.44. The number of hydrogen-bond acceptors (Lipinski definition) is 2. The van der Waals surface area contributed by atoms with Crippen molar-refractivity contribution < 1.29 is 9.53 Å². The van der Waals surface area contributed by atoms with E-state index in [0.717, 1.165) is 29.5 Å². The van der Waals surface area contributed by atoms with E-state index in [1.54, 1.807) is 0 Å². The standard InChI is InChI=1S/C14H18BrNO2/c1-10-5-6-11(8-13(10)15)14(17)16-9-12-4-2-3-7-18-12/h5-6,8,12H,2-4,7,9H2,1H3,(H,16,17). The Balaban J connectivity index is 1.88. The van der Waals surface area contributed by atoms with E-state index < -0.39 is 0 Å². The van der Waals surface area contributed by atoms with Gasteiger partial charge in [0.15, 0.2) is 0 Å². The van der Waals surface area contributed by atoms with Gasteiger partial charge in [0.25, 0.3) is 5.91 Å². The molecule has 0 aromatic heterocycles. The summed E-state index contributed by atoms with van der Waals surface area (Å²) < 4.78 is 6.55. The molecule has 1 aliphatic rings. The van der Waals surface area contributed by atoms with Crippen LogP contribution in [-0.2, 0) is 4.74 Å². The molecule has 3 nitrogen and oxygen atoms in total. The number of carbonyl (C=O) groups excluding carboxylic acids is 1. The van der Waals surface area contributed by atoms with Crippen LogP contribution in [0.5, 0.6) is 0 Å². The summed E-state index contributed by atoms with van der Waals surface area (Å²) in [6, 6.07) is 5.64. The highest BCUT2D eigenvalue weighted by atomic mass is 79.9. The minimum absolute atomic E-state index is 0.0372. The van der Waals surface area contributed by atoms with E-state index in [1.807, 2.05) is 25.1 Å². The monoisotopic (exact) mass is 311 g/mol. The van der Waals surface area contributed by atoms with Crippen LogP contribution in [0.25, 0.3) is 0 Å². The third-order valence-electron chi connectivity index (χ3n) is 3.20. The van der Waals surface area contributed by atoms with Crippen molar-refractivity contribution in [3.05, 3.63) is 33.8 Å². The molecule has 1 atom stereocenters. The van der Waals surface area contributed by atoms with Crippen LogP contribution in [0, 0.1) is 6.92 Å². The van der Waals surface area contributed by atoms with E-state index in [4.69, 9.17) is 4.74 Å². The minimum atomic E-state index is -0.0372. The van der Waals surface area contributed by atoms with Crippen molar-refractivity contribution in [2.75, 3.05) is 13.2 Å². The predicted octanol–water partition coefficient (Wildman–Crippen LogP) is 3.06. The average Bonchev–Trinajstić information content (AvgIpc) is 2.40. The number of ether oxygens (including phenoxy) is 1. The van der Waals surface area contributed by atoms with E-state index in [1.165, 1.54) is 6.42 Å². The molecule has 1 unspecified atom stereocenters. The van der Waals surface area contributed by atoms with Crippen LogP contribution >= 0.6 is 15.9 Å². The molecule has 18 heavy (non-hydrogen) atoms. The topological polar surface area (TPSA) is 38.3 Å². The van der Waals surface area contributed by atoms with Gasteiger partial charge in [-0.25, -0.2) is 0 Å².